The van der Waals surface area contributed by atoms with Gasteiger partial charge in [-0.3, -0.25) is 0 Å². The predicted octanol–water partition coefficient (Wildman–Crippen LogP) is 4.65. The van der Waals surface area contributed by atoms with Crippen molar-refractivity contribution in [2.24, 2.45) is 0 Å². The number of carbonyl (C=O) groups is 1. The molecule has 3 rings (SSSR count). The van der Waals surface area contributed by atoms with E-state index in [4.69, 9.17) is 0 Å². The number of anilines is 2. The maximum Gasteiger partial charge on any atom is 0.321 e. The lowest BCUT2D eigenvalue weighted by atomic mass is 9.87. The molecule has 0 bridgehead atoms. The number of carbonyl (C=O) groups excluding carboxylic acids is 1. The summed E-state index contributed by atoms with van der Waals surface area (Å²) in [7, 11) is 0. The van der Waals surface area contributed by atoms with E-state index in [1.807, 2.05) is 17.0 Å². The van der Waals surface area contributed by atoms with Crippen molar-refractivity contribution in [1.82, 2.24) is 4.90 Å². The van der Waals surface area contributed by atoms with Gasteiger partial charge >= 0.3 is 6.03 Å². The minimum Gasteiger partial charge on any atom is -0.368 e. The van der Waals surface area contributed by atoms with Crippen LogP contribution in [0.3, 0.4) is 0 Å². The van der Waals surface area contributed by atoms with Crippen LogP contribution in [0, 0.1) is 6.92 Å². The molecule has 1 aliphatic heterocycles. The fourth-order valence-corrected chi connectivity index (χ4v) is 3.18. The quantitative estimate of drug-likeness (QED) is 0.855. The van der Waals surface area contributed by atoms with Gasteiger partial charge in [-0.25, -0.2) is 4.79 Å². The zero-order chi connectivity index (χ0) is 18.7. The third-order valence-electron chi connectivity index (χ3n) is 4.97. The molecule has 0 saturated carbocycles. The predicted molar refractivity (Wildman–Crippen MR) is 109 cm³/mol. The summed E-state index contributed by atoms with van der Waals surface area (Å²) in [6.45, 7) is 11.9. The number of hydrogen-bond acceptors (Lipinski definition) is 2. The third kappa shape index (κ3) is 4.37. The Hall–Kier alpha value is -2.49. The molecule has 0 radical (unpaired) electrons. The van der Waals surface area contributed by atoms with Gasteiger partial charge in [0.1, 0.15) is 0 Å². The van der Waals surface area contributed by atoms with Gasteiger partial charge in [0.05, 0.1) is 0 Å². The first kappa shape index (κ1) is 18.3. The second-order valence-corrected chi connectivity index (χ2v) is 8.07. The molecular weight excluding hydrogens is 322 g/mol. The van der Waals surface area contributed by atoms with Crippen molar-refractivity contribution in [3.8, 4) is 0 Å². The summed E-state index contributed by atoms with van der Waals surface area (Å²) < 4.78 is 0. The molecule has 4 heteroatoms. The number of rotatable bonds is 2. The fraction of sp³-hybridized carbons (Fsp3) is 0.409. The maximum atomic E-state index is 12.5. The van der Waals surface area contributed by atoms with Crippen molar-refractivity contribution in [3.63, 3.8) is 0 Å². The monoisotopic (exact) mass is 351 g/mol. The Morgan fingerprint density at radius 2 is 1.46 bits per heavy atom. The van der Waals surface area contributed by atoms with E-state index in [0.29, 0.717) is 0 Å². The molecule has 0 atom stereocenters. The molecule has 1 N–H and O–H groups in total. The fourth-order valence-electron chi connectivity index (χ4n) is 3.18. The molecule has 1 aliphatic rings. The normalized spacial score (nSPS) is 15.1. The Morgan fingerprint density at radius 3 is 2.00 bits per heavy atom. The Morgan fingerprint density at radius 1 is 0.885 bits per heavy atom. The summed E-state index contributed by atoms with van der Waals surface area (Å²) in [6, 6.07) is 16.7. The molecule has 1 saturated heterocycles. The number of piperazine rings is 1. The highest BCUT2D eigenvalue weighted by atomic mass is 16.2. The molecule has 0 aromatic heterocycles. The van der Waals surface area contributed by atoms with Gasteiger partial charge < -0.3 is 15.1 Å². The summed E-state index contributed by atoms with van der Waals surface area (Å²) in [5, 5.41) is 3.02. The van der Waals surface area contributed by atoms with E-state index in [1.54, 1.807) is 0 Å². The van der Waals surface area contributed by atoms with Crippen LogP contribution in [0.4, 0.5) is 16.2 Å². The number of amides is 2. The highest BCUT2D eigenvalue weighted by Gasteiger charge is 2.21. The van der Waals surface area contributed by atoms with Gasteiger partial charge in [0.15, 0.2) is 0 Å². The summed E-state index contributed by atoms with van der Waals surface area (Å²) in [5.41, 5.74) is 4.73. The van der Waals surface area contributed by atoms with Gasteiger partial charge in [0.25, 0.3) is 0 Å². The van der Waals surface area contributed by atoms with E-state index >= 15 is 0 Å². The minimum absolute atomic E-state index is 0.0166. The Balaban J connectivity index is 1.54. The first-order valence-corrected chi connectivity index (χ1v) is 9.31. The molecule has 26 heavy (non-hydrogen) atoms. The summed E-state index contributed by atoms with van der Waals surface area (Å²) in [5.74, 6) is 0. The molecule has 1 heterocycles. The van der Waals surface area contributed by atoms with Gasteiger partial charge in [0.2, 0.25) is 0 Å². The van der Waals surface area contributed by atoms with E-state index in [0.717, 1.165) is 31.9 Å². The van der Waals surface area contributed by atoms with Crippen molar-refractivity contribution in [3.05, 3.63) is 59.7 Å². The summed E-state index contributed by atoms with van der Waals surface area (Å²) in [6.07, 6.45) is 0. The molecule has 2 amide bonds. The smallest absolute Gasteiger partial charge is 0.321 e. The Bertz CT molecular complexity index is 736. The van der Waals surface area contributed by atoms with Crippen molar-refractivity contribution < 1.29 is 4.79 Å². The van der Waals surface area contributed by atoms with Crippen LogP contribution < -0.4 is 10.2 Å². The van der Waals surface area contributed by atoms with E-state index in [1.165, 1.54) is 16.8 Å². The van der Waals surface area contributed by atoms with Crippen LogP contribution in [0.2, 0.25) is 0 Å². The van der Waals surface area contributed by atoms with Crippen LogP contribution in [-0.4, -0.2) is 37.1 Å². The highest BCUT2D eigenvalue weighted by molar-refractivity contribution is 5.89. The largest absolute Gasteiger partial charge is 0.368 e. The molecule has 138 valence electrons. The number of benzene rings is 2. The van der Waals surface area contributed by atoms with Gasteiger partial charge in [-0.1, -0.05) is 50.6 Å². The Kier molecular flexibility index (Phi) is 5.21. The molecule has 1 fully saturated rings. The maximum absolute atomic E-state index is 12.5. The Labute approximate surface area is 156 Å². The second-order valence-electron chi connectivity index (χ2n) is 8.07. The first-order chi connectivity index (χ1) is 12.3. The zero-order valence-electron chi connectivity index (χ0n) is 16.2. The molecule has 0 spiro atoms. The van der Waals surface area contributed by atoms with Crippen LogP contribution in [0.25, 0.3) is 0 Å². The molecular formula is C22H29N3O. The molecule has 2 aromatic rings. The molecule has 2 aromatic carbocycles. The topological polar surface area (TPSA) is 35.6 Å². The standard InChI is InChI=1S/C22H29N3O/c1-17-5-11-20(12-6-17)24-13-15-25(16-14-24)21(26)23-19-9-7-18(8-10-19)22(2,3)4/h5-12H,13-16H2,1-4H3,(H,23,26). The van der Waals surface area contributed by atoms with Crippen molar-refractivity contribution >= 4 is 17.4 Å². The number of aryl methyl sites for hydroxylation is 1. The van der Waals surface area contributed by atoms with Crippen LogP contribution in [0.5, 0.6) is 0 Å². The average molecular weight is 351 g/mol. The lowest BCUT2D eigenvalue weighted by Gasteiger charge is -2.36. The molecule has 0 aliphatic carbocycles. The van der Waals surface area contributed by atoms with E-state index in [9.17, 15) is 4.79 Å². The van der Waals surface area contributed by atoms with Crippen molar-refractivity contribution in [1.29, 1.82) is 0 Å². The zero-order valence-corrected chi connectivity index (χ0v) is 16.2. The van der Waals surface area contributed by atoms with Crippen LogP contribution in [0.1, 0.15) is 31.9 Å². The first-order valence-electron chi connectivity index (χ1n) is 9.31. The SMILES string of the molecule is Cc1ccc(N2CCN(C(=O)Nc3ccc(C(C)(C)C)cc3)CC2)cc1. The van der Waals surface area contributed by atoms with Crippen molar-refractivity contribution in [2.75, 3.05) is 36.4 Å². The number of nitrogens with zero attached hydrogens (tertiary/aromatic N) is 2. The van der Waals surface area contributed by atoms with Crippen molar-refractivity contribution in [2.45, 2.75) is 33.1 Å². The lowest BCUT2D eigenvalue weighted by Crippen LogP contribution is -2.50. The number of nitrogens with one attached hydrogen (secondary N) is 1. The van der Waals surface area contributed by atoms with Crippen LogP contribution >= 0.6 is 0 Å². The van der Waals surface area contributed by atoms with Gasteiger partial charge in [0, 0.05) is 37.6 Å². The molecule has 4 nitrogen and oxygen atoms in total. The summed E-state index contributed by atoms with van der Waals surface area (Å²) in [4.78, 5) is 16.8. The third-order valence-corrected chi connectivity index (χ3v) is 4.97. The van der Waals surface area contributed by atoms with E-state index in [2.05, 4.69) is 74.3 Å². The number of hydrogen-bond donors (Lipinski definition) is 1. The summed E-state index contributed by atoms with van der Waals surface area (Å²) >= 11 is 0. The van der Waals surface area contributed by atoms with Gasteiger partial charge in [-0.05, 0) is 42.2 Å². The minimum atomic E-state index is -0.0166. The van der Waals surface area contributed by atoms with E-state index in [-0.39, 0.29) is 11.4 Å². The van der Waals surface area contributed by atoms with Crippen LogP contribution in [0.15, 0.2) is 48.5 Å². The van der Waals surface area contributed by atoms with Gasteiger partial charge in [-0.2, -0.15) is 0 Å². The van der Waals surface area contributed by atoms with Crippen LogP contribution in [-0.2, 0) is 5.41 Å². The second kappa shape index (κ2) is 7.40. The lowest BCUT2D eigenvalue weighted by molar-refractivity contribution is 0.208. The number of urea groups is 1. The van der Waals surface area contributed by atoms with E-state index < -0.39 is 0 Å². The average Bonchev–Trinajstić information content (AvgIpc) is 2.62. The molecule has 0 unspecified atom stereocenters. The van der Waals surface area contributed by atoms with Gasteiger partial charge in [-0.15, -0.1) is 0 Å². The highest BCUT2D eigenvalue weighted by Crippen LogP contribution is 2.24.